The molecule has 0 unspecified atom stereocenters. The van der Waals surface area contributed by atoms with Gasteiger partial charge in [0.2, 0.25) is 6.79 Å². The van der Waals surface area contributed by atoms with Crippen molar-refractivity contribution in [1.82, 2.24) is 4.90 Å². The van der Waals surface area contributed by atoms with Gasteiger partial charge in [-0.15, -0.1) is 0 Å². The van der Waals surface area contributed by atoms with Gasteiger partial charge in [-0.25, -0.2) is 0 Å². The van der Waals surface area contributed by atoms with Crippen LogP contribution in [0.1, 0.15) is 5.56 Å². The largest absolute Gasteiger partial charge is 0.454 e. The summed E-state index contributed by atoms with van der Waals surface area (Å²) in [6, 6.07) is 5.69. The molecule has 0 bridgehead atoms. The van der Waals surface area contributed by atoms with Crippen LogP contribution >= 0.6 is 0 Å². The summed E-state index contributed by atoms with van der Waals surface area (Å²) in [6.07, 6.45) is 2.04. The summed E-state index contributed by atoms with van der Waals surface area (Å²) in [5.41, 5.74) is 1.04. The Morgan fingerprint density at radius 3 is 3.00 bits per heavy atom. The smallest absolute Gasteiger partial charge is 0.231 e. The average molecular weight is 190 g/mol. The predicted octanol–water partition coefficient (Wildman–Crippen LogP) is 1.33. The molecule has 1 aliphatic rings. The van der Waals surface area contributed by atoms with Gasteiger partial charge >= 0.3 is 0 Å². The molecule has 0 saturated carbocycles. The van der Waals surface area contributed by atoms with Crippen molar-refractivity contribution in [2.45, 2.75) is 6.54 Å². The van der Waals surface area contributed by atoms with Crippen LogP contribution in [0.2, 0.25) is 0 Å². The standard InChI is InChI=1S/C10H10N2O2/c1-12(6-11)5-8-2-3-9-10(4-8)14-7-13-9/h2-4H,5,7H2,1H3. The molecule has 0 radical (unpaired) electrons. The average Bonchev–Trinajstić information content (AvgIpc) is 2.64. The SMILES string of the molecule is CN(C#N)Cc1ccc2c(c1)OCO2. The second kappa shape index (κ2) is 3.46. The molecule has 1 heterocycles. The lowest BCUT2D eigenvalue weighted by Crippen LogP contribution is -2.09. The van der Waals surface area contributed by atoms with Crippen LogP contribution in [-0.4, -0.2) is 18.7 Å². The molecule has 0 saturated heterocycles. The Bertz CT molecular complexity index is 384. The van der Waals surface area contributed by atoms with Gasteiger partial charge in [-0.1, -0.05) is 6.07 Å². The van der Waals surface area contributed by atoms with Crippen LogP contribution in [0.3, 0.4) is 0 Å². The molecule has 4 nitrogen and oxygen atoms in total. The molecular weight excluding hydrogens is 180 g/mol. The number of nitrogens with zero attached hydrogens (tertiary/aromatic N) is 2. The molecule has 0 N–H and O–H groups in total. The van der Waals surface area contributed by atoms with Crippen molar-refractivity contribution in [2.24, 2.45) is 0 Å². The number of rotatable bonds is 2. The molecular formula is C10H10N2O2. The second-order valence-corrected chi connectivity index (χ2v) is 3.14. The van der Waals surface area contributed by atoms with Crippen molar-refractivity contribution in [3.05, 3.63) is 23.8 Å². The molecule has 2 rings (SSSR count). The first kappa shape index (κ1) is 8.70. The van der Waals surface area contributed by atoms with Crippen molar-refractivity contribution < 1.29 is 9.47 Å². The minimum absolute atomic E-state index is 0.285. The van der Waals surface area contributed by atoms with E-state index in [2.05, 4.69) is 0 Å². The minimum atomic E-state index is 0.285. The van der Waals surface area contributed by atoms with Crippen LogP contribution in [0, 0.1) is 11.5 Å². The van der Waals surface area contributed by atoms with Crippen LogP contribution in [0.5, 0.6) is 11.5 Å². The fourth-order valence-corrected chi connectivity index (χ4v) is 1.35. The molecule has 0 atom stereocenters. The summed E-state index contributed by atoms with van der Waals surface area (Å²) in [4.78, 5) is 1.55. The highest BCUT2D eigenvalue weighted by Gasteiger charge is 2.13. The van der Waals surface area contributed by atoms with E-state index in [0.717, 1.165) is 17.1 Å². The number of fused-ring (bicyclic) bond motifs is 1. The van der Waals surface area contributed by atoms with E-state index in [4.69, 9.17) is 14.7 Å². The Kier molecular flexibility index (Phi) is 2.15. The van der Waals surface area contributed by atoms with Gasteiger partial charge in [0.25, 0.3) is 0 Å². The number of ether oxygens (including phenoxy) is 2. The molecule has 1 aromatic rings. The van der Waals surface area contributed by atoms with E-state index in [9.17, 15) is 0 Å². The third-order valence-electron chi connectivity index (χ3n) is 2.03. The van der Waals surface area contributed by atoms with Crippen molar-refractivity contribution in [3.8, 4) is 17.7 Å². The van der Waals surface area contributed by atoms with E-state index in [1.54, 1.807) is 11.9 Å². The summed E-state index contributed by atoms with van der Waals surface area (Å²) in [6.45, 7) is 0.875. The first-order chi connectivity index (χ1) is 6.79. The van der Waals surface area contributed by atoms with Crippen LogP contribution in [0.4, 0.5) is 0 Å². The van der Waals surface area contributed by atoms with Gasteiger partial charge in [0, 0.05) is 7.05 Å². The van der Waals surface area contributed by atoms with Gasteiger partial charge in [0.05, 0.1) is 6.54 Å². The Morgan fingerprint density at radius 1 is 1.43 bits per heavy atom. The molecule has 0 aromatic heterocycles. The minimum Gasteiger partial charge on any atom is -0.454 e. The van der Waals surface area contributed by atoms with Crippen LogP contribution in [0.15, 0.2) is 18.2 Å². The highest BCUT2D eigenvalue weighted by atomic mass is 16.7. The fraction of sp³-hybridized carbons (Fsp3) is 0.300. The third-order valence-corrected chi connectivity index (χ3v) is 2.03. The molecule has 0 fully saturated rings. The lowest BCUT2D eigenvalue weighted by molar-refractivity contribution is 0.174. The fourth-order valence-electron chi connectivity index (χ4n) is 1.35. The van der Waals surface area contributed by atoms with E-state index >= 15 is 0 Å². The van der Waals surface area contributed by atoms with Crippen molar-refractivity contribution >= 4 is 0 Å². The van der Waals surface area contributed by atoms with Crippen molar-refractivity contribution in [3.63, 3.8) is 0 Å². The monoisotopic (exact) mass is 190 g/mol. The van der Waals surface area contributed by atoms with E-state index in [-0.39, 0.29) is 6.79 Å². The van der Waals surface area contributed by atoms with E-state index in [1.165, 1.54) is 0 Å². The predicted molar refractivity (Wildman–Crippen MR) is 49.6 cm³/mol. The molecule has 1 aliphatic heterocycles. The number of hydrogen-bond acceptors (Lipinski definition) is 4. The summed E-state index contributed by atoms with van der Waals surface area (Å²) >= 11 is 0. The maximum atomic E-state index is 8.61. The van der Waals surface area contributed by atoms with Gasteiger partial charge in [-0.3, -0.25) is 0 Å². The number of benzene rings is 1. The Hall–Kier alpha value is -1.89. The molecule has 0 spiro atoms. The number of nitriles is 1. The van der Waals surface area contributed by atoms with Crippen molar-refractivity contribution in [2.75, 3.05) is 13.8 Å². The summed E-state index contributed by atoms with van der Waals surface area (Å²) in [5.74, 6) is 1.53. The zero-order valence-corrected chi connectivity index (χ0v) is 7.86. The normalized spacial score (nSPS) is 12.3. The molecule has 0 aliphatic carbocycles. The maximum absolute atomic E-state index is 8.61. The quantitative estimate of drug-likeness (QED) is 0.521. The maximum Gasteiger partial charge on any atom is 0.231 e. The zero-order valence-electron chi connectivity index (χ0n) is 7.86. The molecule has 14 heavy (non-hydrogen) atoms. The van der Waals surface area contributed by atoms with E-state index < -0.39 is 0 Å². The second-order valence-electron chi connectivity index (χ2n) is 3.14. The van der Waals surface area contributed by atoms with E-state index in [1.807, 2.05) is 24.4 Å². The highest BCUT2D eigenvalue weighted by Crippen LogP contribution is 2.32. The summed E-state index contributed by atoms with van der Waals surface area (Å²) in [7, 11) is 1.74. The van der Waals surface area contributed by atoms with Crippen molar-refractivity contribution in [1.29, 1.82) is 5.26 Å². The summed E-state index contributed by atoms with van der Waals surface area (Å²) in [5, 5.41) is 8.61. The Morgan fingerprint density at radius 2 is 2.21 bits per heavy atom. The zero-order chi connectivity index (χ0) is 9.97. The molecule has 0 amide bonds. The third kappa shape index (κ3) is 1.57. The first-order valence-corrected chi connectivity index (χ1v) is 4.29. The highest BCUT2D eigenvalue weighted by molar-refractivity contribution is 5.44. The number of hydrogen-bond donors (Lipinski definition) is 0. The lowest BCUT2D eigenvalue weighted by Gasteiger charge is -2.08. The molecule has 4 heteroatoms. The Labute approximate surface area is 82.3 Å². The van der Waals surface area contributed by atoms with Gasteiger partial charge < -0.3 is 14.4 Å². The van der Waals surface area contributed by atoms with Crippen LogP contribution in [-0.2, 0) is 6.54 Å². The van der Waals surface area contributed by atoms with Gasteiger partial charge in [0.15, 0.2) is 17.7 Å². The van der Waals surface area contributed by atoms with Gasteiger partial charge in [-0.2, -0.15) is 5.26 Å². The Balaban J connectivity index is 2.17. The topological polar surface area (TPSA) is 45.5 Å². The van der Waals surface area contributed by atoms with Gasteiger partial charge in [0.1, 0.15) is 0 Å². The van der Waals surface area contributed by atoms with Crippen LogP contribution < -0.4 is 9.47 Å². The van der Waals surface area contributed by atoms with E-state index in [0.29, 0.717) is 6.54 Å². The first-order valence-electron chi connectivity index (χ1n) is 4.29. The van der Waals surface area contributed by atoms with Crippen LogP contribution in [0.25, 0.3) is 0 Å². The molecule has 1 aromatic carbocycles. The molecule has 72 valence electrons. The summed E-state index contributed by atoms with van der Waals surface area (Å²) < 4.78 is 10.4. The van der Waals surface area contributed by atoms with Gasteiger partial charge in [-0.05, 0) is 17.7 Å². The lowest BCUT2D eigenvalue weighted by atomic mass is 10.2.